The van der Waals surface area contributed by atoms with Crippen LogP contribution in [0.15, 0.2) is 48.5 Å². The van der Waals surface area contributed by atoms with Crippen molar-refractivity contribution in [1.29, 1.82) is 0 Å². The molecule has 250 valence electrons. The summed E-state index contributed by atoms with van der Waals surface area (Å²) < 4.78 is 27.2. The van der Waals surface area contributed by atoms with Crippen LogP contribution in [-0.2, 0) is 30.5 Å². The van der Waals surface area contributed by atoms with Gasteiger partial charge in [0.15, 0.2) is 0 Å². The molecule has 0 unspecified atom stereocenters. The molecule has 7 heteroatoms. The van der Waals surface area contributed by atoms with Crippen LogP contribution in [0.3, 0.4) is 0 Å². The summed E-state index contributed by atoms with van der Waals surface area (Å²) in [5.41, 5.74) is 3.45. The smallest absolute Gasteiger partial charge is 0.748 e. The van der Waals surface area contributed by atoms with E-state index < -0.39 is 10.1 Å². The Kier molecular flexibility index (Phi) is 11.7. The van der Waals surface area contributed by atoms with Crippen molar-refractivity contribution in [2.75, 3.05) is 24.8 Å². The molecule has 2 aromatic rings. The first-order valence-electron chi connectivity index (χ1n) is 17.6. The number of benzene rings is 2. The molecule has 1 N–H and O–H groups in total. The summed E-state index contributed by atoms with van der Waals surface area (Å²) in [6.07, 6.45) is 25.4. The molecular formula is C38H55NO3PPdS+. The third-order valence-electron chi connectivity index (χ3n) is 12.3. The van der Waals surface area contributed by atoms with Crippen molar-refractivity contribution < 1.29 is 33.4 Å². The van der Waals surface area contributed by atoms with E-state index in [1.807, 2.05) is 37.4 Å². The molecule has 0 amide bonds. The summed E-state index contributed by atoms with van der Waals surface area (Å²) in [5.74, 6) is 7.01. The van der Waals surface area contributed by atoms with E-state index in [-0.39, 0.29) is 28.3 Å². The Balaban J connectivity index is 0.000000170. The van der Waals surface area contributed by atoms with Crippen LogP contribution >= 0.6 is 7.92 Å². The average molecular weight is 743 g/mol. The first-order chi connectivity index (χ1) is 21.1. The number of anilines is 1. The molecule has 2 aromatic carbocycles. The topological polar surface area (TPSA) is 69.2 Å². The Hall–Kier alpha value is -0.758. The monoisotopic (exact) mass is 742 g/mol. The zero-order chi connectivity index (χ0) is 31.0. The van der Waals surface area contributed by atoms with Gasteiger partial charge in [-0.25, -0.2) is 8.42 Å². The third kappa shape index (κ3) is 8.28. The van der Waals surface area contributed by atoms with E-state index in [9.17, 15) is 0 Å². The Labute approximate surface area is 288 Å². The van der Waals surface area contributed by atoms with Gasteiger partial charge < -0.3 is 9.87 Å². The minimum Gasteiger partial charge on any atom is -0.748 e. The number of hydrogen-bond donors (Lipinski definition) is 1. The van der Waals surface area contributed by atoms with Gasteiger partial charge in [0.2, 0.25) is 0 Å². The van der Waals surface area contributed by atoms with Crippen LogP contribution in [0.1, 0.15) is 96.8 Å². The molecule has 0 aliphatic heterocycles. The summed E-state index contributed by atoms with van der Waals surface area (Å²) in [6.45, 7) is 2.46. The van der Waals surface area contributed by atoms with Gasteiger partial charge in [-0.2, -0.15) is 0 Å². The van der Waals surface area contributed by atoms with E-state index in [0.717, 1.165) is 21.6 Å². The number of unbranched alkanes of at least 4 members (excludes halogenated alkanes) is 1. The van der Waals surface area contributed by atoms with Crippen molar-refractivity contribution in [3.63, 3.8) is 0 Å². The molecule has 4 nitrogen and oxygen atoms in total. The summed E-state index contributed by atoms with van der Waals surface area (Å²) in [4.78, 5) is 0. The average Bonchev–Trinajstić information content (AvgIpc) is 2.96. The van der Waals surface area contributed by atoms with Crippen molar-refractivity contribution in [1.82, 2.24) is 0 Å². The van der Waals surface area contributed by atoms with Gasteiger partial charge in [-0.05, 0) is 131 Å². The Morgan fingerprint density at radius 2 is 1.22 bits per heavy atom. The second-order valence-corrected chi connectivity index (χ2v) is 20.7. The minimum absolute atomic E-state index is 0. The predicted molar refractivity (Wildman–Crippen MR) is 186 cm³/mol. The van der Waals surface area contributed by atoms with Gasteiger partial charge in [-0.15, -0.1) is 35.9 Å². The number of rotatable bonds is 7. The SMILES string of the molecule is CCCC[PH+](C12CC3CC(CC(C3)C1)C2)C12CC3CC(CC(C3)C1)C2.CNc1ccccc1-c1[c-]cccc1.CS(=O)(=O)[O-].[Pd+2]. The standard InChI is InChI=1S/C24H39P.C13H12N.CH4O3S.Pd/c1-2-3-4-25(23-11-17-5-18(12-23)7-19(6-17)13-23)24-14-20-8-21(15-24)10-22(9-20)16-24;1-14-13-10-6-5-9-12(13)11-7-3-2-4-8-11;1-5(2,3)4;/h17-22H,2-16H2,1H3;2-7,9-10,14H,1H3;1H3,(H,2,3,4);/q;-1;;+2. The van der Waals surface area contributed by atoms with Crippen molar-refractivity contribution >= 4 is 23.7 Å². The maximum Gasteiger partial charge on any atom is 2.00 e. The first-order valence-corrected chi connectivity index (χ1v) is 21.1. The molecule has 10 rings (SSSR count). The second kappa shape index (κ2) is 14.8. The summed E-state index contributed by atoms with van der Waals surface area (Å²) in [7, 11) is -2.18. The van der Waals surface area contributed by atoms with E-state index in [1.54, 1.807) is 89.6 Å². The fraction of sp³-hybridized carbons (Fsp3) is 0.684. The van der Waals surface area contributed by atoms with Gasteiger partial charge in [0.1, 0.15) is 0 Å². The summed E-state index contributed by atoms with van der Waals surface area (Å²) in [5, 5.41) is 5.01. The van der Waals surface area contributed by atoms with Crippen molar-refractivity contribution in [3.8, 4) is 11.1 Å². The van der Waals surface area contributed by atoms with E-state index in [1.165, 1.54) is 47.5 Å². The Morgan fingerprint density at radius 3 is 1.60 bits per heavy atom. The largest absolute Gasteiger partial charge is 2.00 e. The molecule has 8 fully saturated rings. The number of hydrogen-bond acceptors (Lipinski definition) is 4. The molecule has 0 atom stereocenters. The number of nitrogens with one attached hydrogen (secondary N) is 1. The van der Waals surface area contributed by atoms with E-state index in [4.69, 9.17) is 13.0 Å². The molecule has 8 aliphatic rings. The molecule has 8 aliphatic carbocycles. The predicted octanol–water partition coefficient (Wildman–Crippen LogP) is 9.29. The van der Waals surface area contributed by atoms with Crippen LogP contribution in [0.2, 0.25) is 0 Å². The Bertz CT molecular complexity index is 1240. The van der Waals surface area contributed by atoms with E-state index in [2.05, 4.69) is 36.5 Å². The van der Waals surface area contributed by atoms with Crippen LogP contribution in [0, 0.1) is 41.6 Å². The Morgan fingerprint density at radius 1 is 0.800 bits per heavy atom. The molecule has 8 bridgehead atoms. The number of para-hydroxylation sites is 1. The molecule has 0 radical (unpaired) electrons. The molecule has 45 heavy (non-hydrogen) atoms. The molecule has 8 saturated carbocycles. The fourth-order valence-electron chi connectivity index (χ4n) is 11.9. The van der Waals surface area contributed by atoms with Crippen LogP contribution in [0.5, 0.6) is 0 Å². The third-order valence-corrected chi connectivity index (χ3v) is 17.0. The van der Waals surface area contributed by atoms with Gasteiger partial charge in [0, 0.05) is 21.2 Å². The first kappa shape index (κ1) is 35.5. The molecule has 0 spiro atoms. The van der Waals surface area contributed by atoms with Crippen LogP contribution < -0.4 is 5.32 Å². The van der Waals surface area contributed by atoms with Crippen molar-refractivity contribution in [2.24, 2.45) is 35.5 Å². The van der Waals surface area contributed by atoms with Crippen LogP contribution in [-0.4, -0.2) is 42.7 Å². The normalized spacial score (nSPS) is 35.7. The van der Waals surface area contributed by atoms with Gasteiger partial charge in [0.05, 0.1) is 26.6 Å². The zero-order valence-electron chi connectivity index (χ0n) is 27.6. The van der Waals surface area contributed by atoms with Gasteiger partial charge >= 0.3 is 20.4 Å². The van der Waals surface area contributed by atoms with Crippen LogP contribution in [0.25, 0.3) is 11.1 Å². The molecule has 0 saturated heterocycles. The van der Waals surface area contributed by atoms with Crippen LogP contribution in [0.4, 0.5) is 5.69 Å². The fourth-order valence-corrected chi connectivity index (χ4v) is 18.0. The van der Waals surface area contributed by atoms with Crippen molar-refractivity contribution in [3.05, 3.63) is 54.6 Å². The molecular weight excluding hydrogens is 688 g/mol. The minimum atomic E-state index is -3.92. The van der Waals surface area contributed by atoms with Crippen molar-refractivity contribution in [2.45, 2.75) is 107 Å². The molecule has 0 aromatic heterocycles. The maximum atomic E-state index is 9.08. The quantitative estimate of drug-likeness (QED) is 0.133. The zero-order valence-corrected chi connectivity index (χ0v) is 31.0. The van der Waals surface area contributed by atoms with Gasteiger partial charge in [-0.3, -0.25) is 0 Å². The summed E-state index contributed by atoms with van der Waals surface area (Å²) in [6, 6.07) is 19.4. The van der Waals surface area contributed by atoms with Gasteiger partial charge in [0.25, 0.3) is 0 Å². The molecule has 0 heterocycles. The van der Waals surface area contributed by atoms with E-state index >= 15 is 0 Å². The van der Waals surface area contributed by atoms with E-state index in [0.29, 0.717) is 6.26 Å². The maximum absolute atomic E-state index is 9.08. The second-order valence-electron chi connectivity index (χ2n) is 15.8. The summed E-state index contributed by atoms with van der Waals surface area (Å²) >= 11 is 0. The van der Waals surface area contributed by atoms with Gasteiger partial charge in [-0.1, -0.05) is 37.1 Å².